The number of benzene rings is 2. The third-order valence-corrected chi connectivity index (χ3v) is 4.01. The van der Waals surface area contributed by atoms with E-state index in [1.54, 1.807) is 0 Å². The highest BCUT2D eigenvalue weighted by Crippen LogP contribution is 2.31. The van der Waals surface area contributed by atoms with Gasteiger partial charge in [-0.25, -0.2) is 4.39 Å². The maximum atomic E-state index is 13.9. The molecule has 0 aliphatic rings. The number of carbonyl (C=O) groups excluding carboxylic acids is 1. The minimum absolute atomic E-state index is 0.0340. The fourth-order valence-corrected chi connectivity index (χ4v) is 2.47. The maximum absolute atomic E-state index is 13.9. The van der Waals surface area contributed by atoms with Gasteiger partial charge in [-0.15, -0.1) is 0 Å². The predicted octanol–water partition coefficient (Wildman–Crippen LogP) is 4.28. The molecule has 1 N–H and O–H groups in total. The summed E-state index contributed by atoms with van der Waals surface area (Å²) in [5.41, 5.74) is -0.502. The van der Waals surface area contributed by atoms with Gasteiger partial charge in [-0.05, 0) is 33.6 Å². The van der Waals surface area contributed by atoms with Gasteiger partial charge in [0.2, 0.25) is 0 Å². The molecule has 0 heterocycles. The summed E-state index contributed by atoms with van der Waals surface area (Å²) in [6, 6.07) is 6.56. The highest BCUT2D eigenvalue weighted by molar-refractivity contribution is 9.10. The first-order chi connectivity index (χ1) is 10.3. The standard InChI is InChI=1S/C14H8BrClFNO4/c15-9-5-4-7(13(17)14(9)20)6-11(19)8-2-1-3-10(12(8)16)18(21)22/h1-5,20H,6H2. The Balaban J connectivity index is 2.37. The van der Waals surface area contributed by atoms with Crippen LogP contribution in [0.4, 0.5) is 10.1 Å². The summed E-state index contributed by atoms with van der Waals surface area (Å²) < 4.78 is 14.0. The molecule has 2 aromatic rings. The largest absolute Gasteiger partial charge is 0.504 e. The monoisotopic (exact) mass is 387 g/mol. The summed E-state index contributed by atoms with van der Waals surface area (Å²) in [6.45, 7) is 0. The number of nitrogens with zero attached hydrogens (tertiary/aromatic N) is 1. The predicted molar refractivity (Wildman–Crippen MR) is 81.9 cm³/mol. The molecule has 0 fully saturated rings. The van der Waals surface area contributed by atoms with Crippen molar-refractivity contribution in [1.29, 1.82) is 0 Å². The number of hydrogen-bond donors (Lipinski definition) is 1. The molecule has 114 valence electrons. The summed E-state index contributed by atoms with van der Waals surface area (Å²) in [7, 11) is 0. The van der Waals surface area contributed by atoms with Gasteiger partial charge in [0.25, 0.3) is 5.69 Å². The van der Waals surface area contributed by atoms with Crippen molar-refractivity contribution >= 4 is 39.0 Å². The topological polar surface area (TPSA) is 80.4 Å². The summed E-state index contributed by atoms with van der Waals surface area (Å²) in [4.78, 5) is 22.3. The Hall–Kier alpha value is -1.99. The van der Waals surface area contributed by atoms with Gasteiger partial charge < -0.3 is 5.11 Å². The van der Waals surface area contributed by atoms with E-state index < -0.39 is 28.0 Å². The number of rotatable bonds is 4. The van der Waals surface area contributed by atoms with Crippen LogP contribution < -0.4 is 0 Å². The van der Waals surface area contributed by atoms with Gasteiger partial charge in [0.15, 0.2) is 17.3 Å². The molecule has 0 atom stereocenters. The van der Waals surface area contributed by atoms with E-state index in [0.29, 0.717) is 0 Å². The van der Waals surface area contributed by atoms with Crippen LogP contribution in [0.2, 0.25) is 5.02 Å². The van der Waals surface area contributed by atoms with Crippen molar-refractivity contribution in [1.82, 2.24) is 0 Å². The van der Waals surface area contributed by atoms with Crippen LogP contribution in [-0.4, -0.2) is 15.8 Å². The fraction of sp³-hybridized carbons (Fsp3) is 0.0714. The van der Waals surface area contributed by atoms with Crippen molar-refractivity contribution in [2.75, 3.05) is 0 Å². The molecular formula is C14H8BrClFNO4. The molecule has 0 radical (unpaired) electrons. The Morgan fingerprint density at radius 1 is 1.36 bits per heavy atom. The molecule has 0 spiro atoms. The Bertz CT molecular complexity index is 782. The van der Waals surface area contributed by atoms with Crippen LogP contribution in [-0.2, 0) is 6.42 Å². The second-order valence-electron chi connectivity index (χ2n) is 4.36. The van der Waals surface area contributed by atoms with E-state index >= 15 is 0 Å². The fourth-order valence-electron chi connectivity index (χ4n) is 1.86. The molecule has 22 heavy (non-hydrogen) atoms. The lowest BCUT2D eigenvalue weighted by molar-refractivity contribution is -0.384. The summed E-state index contributed by atoms with van der Waals surface area (Å²) >= 11 is 8.81. The van der Waals surface area contributed by atoms with Gasteiger partial charge in [-0.1, -0.05) is 23.7 Å². The molecule has 0 aromatic heterocycles. The number of halogens is 3. The van der Waals surface area contributed by atoms with E-state index in [0.717, 1.165) is 0 Å². The number of ketones is 1. The second-order valence-corrected chi connectivity index (χ2v) is 5.60. The van der Waals surface area contributed by atoms with Crippen molar-refractivity contribution < 1.29 is 19.2 Å². The highest BCUT2D eigenvalue weighted by Gasteiger charge is 2.21. The number of aromatic hydroxyl groups is 1. The molecule has 0 amide bonds. The zero-order valence-corrected chi connectivity index (χ0v) is 13.2. The Kier molecular flexibility index (Phi) is 4.77. The zero-order chi connectivity index (χ0) is 16.4. The van der Waals surface area contributed by atoms with Crippen molar-refractivity contribution in [2.45, 2.75) is 6.42 Å². The Morgan fingerprint density at radius 2 is 2.05 bits per heavy atom. The van der Waals surface area contributed by atoms with Crippen LogP contribution in [0.3, 0.4) is 0 Å². The molecule has 0 unspecified atom stereocenters. The van der Waals surface area contributed by atoms with Crippen molar-refractivity contribution in [3.8, 4) is 5.75 Å². The number of Topliss-reactive ketones (excluding diaryl/α,β-unsaturated/α-hetero) is 1. The van der Waals surface area contributed by atoms with E-state index in [2.05, 4.69) is 15.9 Å². The smallest absolute Gasteiger partial charge is 0.288 e. The van der Waals surface area contributed by atoms with Crippen LogP contribution in [0.15, 0.2) is 34.8 Å². The summed E-state index contributed by atoms with van der Waals surface area (Å²) in [6.07, 6.45) is -0.381. The summed E-state index contributed by atoms with van der Waals surface area (Å²) in [5.74, 6) is -2.12. The molecule has 0 aliphatic carbocycles. The average molecular weight is 389 g/mol. The molecular weight excluding hydrogens is 381 g/mol. The van der Waals surface area contributed by atoms with Crippen LogP contribution in [0.5, 0.6) is 5.75 Å². The van der Waals surface area contributed by atoms with Crippen LogP contribution in [0.1, 0.15) is 15.9 Å². The molecule has 2 aromatic carbocycles. The molecule has 0 aliphatic heterocycles. The molecule has 0 saturated heterocycles. The van der Waals surface area contributed by atoms with E-state index in [4.69, 9.17) is 11.6 Å². The number of phenolic OH excluding ortho intramolecular Hbond substituents is 1. The van der Waals surface area contributed by atoms with Crippen LogP contribution in [0, 0.1) is 15.9 Å². The number of nitro benzene ring substituents is 1. The zero-order valence-electron chi connectivity index (χ0n) is 10.8. The first kappa shape index (κ1) is 16.4. The van der Waals surface area contributed by atoms with Gasteiger partial charge in [0.05, 0.1) is 9.40 Å². The molecule has 5 nitrogen and oxygen atoms in total. The molecule has 0 bridgehead atoms. The minimum atomic E-state index is -0.927. The van der Waals surface area contributed by atoms with Crippen molar-refractivity contribution in [3.05, 3.63) is 66.9 Å². The van der Waals surface area contributed by atoms with Crippen molar-refractivity contribution in [2.24, 2.45) is 0 Å². The first-order valence-corrected chi connectivity index (χ1v) is 7.12. The van der Waals surface area contributed by atoms with Crippen molar-refractivity contribution in [3.63, 3.8) is 0 Å². The molecule has 0 saturated carbocycles. The van der Waals surface area contributed by atoms with Gasteiger partial charge in [0.1, 0.15) is 5.02 Å². The average Bonchev–Trinajstić information content (AvgIpc) is 2.47. The third-order valence-electron chi connectivity index (χ3n) is 2.97. The molecule has 2 rings (SSSR count). The normalized spacial score (nSPS) is 10.5. The highest BCUT2D eigenvalue weighted by atomic mass is 79.9. The number of hydrogen-bond acceptors (Lipinski definition) is 4. The van der Waals surface area contributed by atoms with E-state index in [1.165, 1.54) is 30.3 Å². The lowest BCUT2D eigenvalue weighted by Crippen LogP contribution is -2.07. The van der Waals surface area contributed by atoms with E-state index in [1.807, 2.05) is 0 Å². The number of phenols is 1. The molecule has 8 heteroatoms. The summed E-state index contributed by atoms with van der Waals surface area (Å²) in [5, 5.41) is 20.0. The lowest BCUT2D eigenvalue weighted by atomic mass is 10.0. The van der Waals surface area contributed by atoms with Crippen LogP contribution >= 0.6 is 27.5 Å². The van der Waals surface area contributed by atoms with Gasteiger partial charge >= 0.3 is 0 Å². The second kappa shape index (κ2) is 6.41. The quantitative estimate of drug-likeness (QED) is 0.481. The SMILES string of the molecule is O=C(Cc1ccc(Br)c(O)c1F)c1cccc([N+](=O)[O-])c1Cl. The van der Waals surface area contributed by atoms with Gasteiger partial charge in [0, 0.05) is 18.1 Å². The minimum Gasteiger partial charge on any atom is -0.504 e. The maximum Gasteiger partial charge on any atom is 0.288 e. The number of nitro groups is 1. The van der Waals surface area contributed by atoms with Gasteiger partial charge in [-0.3, -0.25) is 14.9 Å². The number of carbonyl (C=O) groups is 1. The van der Waals surface area contributed by atoms with E-state index in [9.17, 15) is 24.4 Å². The van der Waals surface area contributed by atoms with E-state index in [-0.39, 0.29) is 27.0 Å². The Morgan fingerprint density at radius 3 is 2.68 bits per heavy atom. The van der Waals surface area contributed by atoms with Crippen LogP contribution in [0.25, 0.3) is 0 Å². The van der Waals surface area contributed by atoms with Gasteiger partial charge in [-0.2, -0.15) is 0 Å². The Labute approximate surface area is 137 Å². The first-order valence-electron chi connectivity index (χ1n) is 5.95. The third kappa shape index (κ3) is 3.10. The lowest BCUT2D eigenvalue weighted by Gasteiger charge is -2.07.